The van der Waals surface area contributed by atoms with Crippen LogP contribution >= 0.6 is 0 Å². The Morgan fingerprint density at radius 2 is 1.91 bits per heavy atom. The van der Waals surface area contributed by atoms with E-state index in [0.29, 0.717) is 24.3 Å². The van der Waals surface area contributed by atoms with Gasteiger partial charge in [-0.05, 0) is 58.6 Å². The lowest BCUT2D eigenvalue weighted by atomic mass is 10.0. The Morgan fingerprint density at radius 3 is 2.61 bits per heavy atom. The van der Waals surface area contributed by atoms with Crippen molar-refractivity contribution in [3.63, 3.8) is 0 Å². The Labute approximate surface area is 192 Å². The quantitative estimate of drug-likeness (QED) is 0.404. The van der Waals surface area contributed by atoms with E-state index >= 15 is 0 Å². The molecule has 0 bridgehead atoms. The van der Waals surface area contributed by atoms with E-state index in [1.165, 1.54) is 17.0 Å². The molecule has 3 rings (SSSR count). The molecule has 1 aromatic carbocycles. The van der Waals surface area contributed by atoms with Gasteiger partial charge in [0.15, 0.2) is 0 Å². The Hall–Kier alpha value is -3.17. The minimum atomic E-state index is -0.740. The van der Waals surface area contributed by atoms with Crippen LogP contribution in [0.5, 0.6) is 0 Å². The van der Waals surface area contributed by atoms with Crippen LogP contribution in [-0.2, 0) is 20.9 Å². The molecule has 2 aliphatic rings. The third kappa shape index (κ3) is 6.43. The van der Waals surface area contributed by atoms with Crippen LogP contribution in [0.1, 0.15) is 68.8 Å². The number of halogens is 1. The van der Waals surface area contributed by atoms with E-state index in [2.05, 4.69) is 16.0 Å². The van der Waals surface area contributed by atoms with Crippen LogP contribution in [0, 0.1) is 5.82 Å². The van der Waals surface area contributed by atoms with E-state index in [1.54, 1.807) is 20.8 Å². The number of rotatable bonds is 8. The average Bonchev–Trinajstić information content (AvgIpc) is 3.02. The van der Waals surface area contributed by atoms with Gasteiger partial charge in [-0.25, -0.2) is 9.18 Å². The Kier molecular flexibility index (Phi) is 7.55. The number of imide groups is 1. The molecule has 1 unspecified atom stereocenters. The zero-order chi connectivity index (χ0) is 24.2. The highest BCUT2D eigenvalue weighted by Gasteiger charge is 2.40. The number of hydrogen-bond donors (Lipinski definition) is 3. The number of fused-ring (bicyclic) bond motifs is 1. The van der Waals surface area contributed by atoms with Crippen molar-refractivity contribution >= 4 is 29.5 Å². The zero-order valence-electron chi connectivity index (χ0n) is 19.3. The molecule has 10 heteroatoms. The smallest absolute Gasteiger partial charge is 0.407 e. The number of benzene rings is 1. The van der Waals surface area contributed by atoms with Crippen LogP contribution in [0.25, 0.3) is 0 Å². The highest BCUT2D eigenvalue weighted by Crippen LogP contribution is 2.33. The van der Waals surface area contributed by atoms with E-state index in [0.717, 1.165) is 19.3 Å². The number of nitrogens with one attached hydrogen (secondary N) is 3. The second kappa shape index (κ2) is 10.2. The summed E-state index contributed by atoms with van der Waals surface area (Å²) < 4.78 is 19.4. The molecular weight excluding hydrogens is 431 g/mol. The number of nitrogens with zero attached hydrogens (tertiary/aromatic N) is 1. The molecule has 180 valence electrons. The van der Waals surface area contributed by atoms with Crippen LogP contribution in [0.15, 0.2) is 12.1 Å². The van der Waals surface area contributed by atoms with Crippen LogP contribution in [0.3, 0.4) is 0 Å². The summed E-state index contributed by atoms with van der Waals surface area (Å²) in [5, 5.41) is 8.16. The van der Waals surface area contributed by atoms with E-state index < -0.39 is 35.4 Å². The molecular formula is C23H31FN4O5. The van der Waals surface area contributed by atoms with E-state index in [1.807, 2.05) is 0 Å². The van der Waals surface area contributed by atoms with Gasteiger partial charge in [0, 0.05) is 42.9 Å². The van der Waals surface area contributed by atoms with E-state index in [-0.39, 0.29) is 30.9 Å². The summed E-state index contributed by atoms with van der Waals surface area (Å²) in [4.78, 5) is 49.5. The molecule has 33 heavy (non-hydrogen) atoms. The molecule has 1 aromatic rings. The van der Waals surface area contributed by atoms with Gasteiger partial charge in [0.05, 0.1) is 0 Å². The Balaban J connectivity index is 1.49. The molecule has 0 spiro atoms. The van der Waals surface area contributed by atoms with Gasteiger partial charge in [0.1, 0.15) is 17.5 Å². The van der Waals surface area contributed by atoms with Gasteiger partial charge in [-0.3, -0.25) is 19.7 Å². The normalized spacial score (nSPS) is 18.1. The lowest BCUT2D eigenvalue weighted by Crippen LogP contribution is -2.52. The summed E-state index contributed by atoms with van der Waals surface area (Å²) in [6.07, 6.45) is 2.37. The van der Waals surface area contributed by atoms with Crippen LogP contribution in [0.4, 0.5) is 14.9 Å². The topological polar surface area (TPSA) is 117 Å². The first kappa shape index (κ1) is 24.5. The number of hydrogen-bond acceptors (Lipinski definition) is 6. The van der Waals surface area contributed by atoms with Crippen LogP contribution < -0.4 is 16.0 Å². The fourth-order valence-corrected chi connectivity index (χ4v) is 3.94. The summed E-state index contributed by atoms with van der Waals surface area (Å²) in [6.45, 7) is 6.66. The molecule has 4 amide bonds. The van der Waals surface area contributed by atoms with E-state index in [9.17, 15) is 23.6 Å². The Bertz CT molecular complexity index is 944. The maximum absolute atomic E-state index is 14.2. The highest BCUT2D eigenvalue weighted by molar-refractivity contribution is 6.06. The minimum absolute atomic E-state index is 0.165. The predicted molar refractivity (Wildman–Crippen MR) is 119 cm³/mol. The first-order valence-electron chi connectivity index (χ1n) is 11.2. The maximum atomic E-state index is 14.2. The van der Waals surface area contributed by atoms with Crippen molar-refractivity contribution in [1.29, 1.82) is 0 Å². The van der Waals surface area contributed by atoms with E-state index in [4.69, 9.17) is 4.74 Å². The van der Waals surface area contributed by atoms with Gasteiger partial charge in [0.2, 0.25) is 11.8 Å². The molecule has 0 radical (unpaired) electrons. The maximum Gasteiger partial charge on any atom is 0.407 e. The van der Waals surface area contributed by atoms with Gasteiger partial charge < -0.3 is 20.3 Å². The molecule has 1 saturated heterocycles. The van der Waals surface area contributed by atoms with Gasteiger partial charge in [-0.2, -0.15) is 0 Å². The summed E-state index contributed by atoms with van der Waals surface area (Å²) in [5.41, 5.74) is 0.885. The van der Waals surface area contributed by atoms with Crippen molar-refractivity contribution in [1.82, 2.24) is 15.5 Å². The third-order valence-electron chi connectivity index (χ3n) is 5.46. The molecule has 1 atom stereocenters. The summed E-state index contributed by atoms with van der Waals surface area (Å²) in [5.74, 6) is -1.79. The van der Waals surface area contributed by atoms with Crippen molar-refractivity contribution in [2.75, 3.05) is 18.4 Å². The molecule has 2 heterocycles. The fourth-order valence-electron chi connectivity index (χ4n) is 3.94. The fraction of sp³-hybridized carbons (Fsp3) is 0.565. The molecule has 1 fully saturated rings. The molecule has 0 aliphatic carbocycles. The second-order valence-corrected chi connectivity index (χ2v) is 9.30. The number of carbonyl (C=O) groups excluding carboxylic acids is 4. The number of anilines is 1. The lowest BCUT2D eigenvalue weighted by molar-refractivity contribution is -0.136. The number of ether oxygens (including phenoxy) is 1. The van der Waals surface area contributed by atoms with Crippen LogP contribution in [-0.4, -0.2) is 53.4 Å². The van der Waals surface area contributed by atoms with Gasteiger partial charge >= 0.3 is 6.09 Å². The van der Waals surface area contributed by atoms with Crippen LogP contribution in [0.2, 0.25) is 0 Å². The number of carbonyl (C=O) groups is 4. The monoisotopic (exact) mass is 462 g/mol. The third-order valence-corrected chi connectivity index (χ3v) is 5.46. The Morgan fingerprint density at radius 1 is 1.18 bits per heavy atom. The van der Waals surface area contributed by atoms with Gasteiger partial charge in [-0.1, -0.05) is 0 Å². The molecule has 2 aliphatic heterocycles. The lowest BCUT2D eigenvalue weighted by Gasteiger charge is -2.29. The molecule has 0 saturated carbocycles. The summed E-state index contributed by atoms with van der Waals surface area (Å²) in [6, 6.07) is 1.80. The van der Waals surface area contributed by atoms with Gasteiger partial charge in [-0.15, -0.1) is 0 Å². The molecule has 9 nitrogen and oxygen atoms in total. The van der Waals surface area contributed by atoms with Crippen molar-refractivity contribution in [2.45, 2.75) is 71.1 Å². The van der Waals surface area contributed by atoms with Crippen molar-refractivity contribution < 1.29 is 28.3 Å². The highest BCUT2D eigenvalue weighted by atomic mass is 19.1. The first-order valence-corrected chi connectivity index (χ1v) is 11.2. The summed E-state index contributed by atoms with van der Waals surface area (Å²) in [7, 11) is 0. The van der Waals surface area contributed by atoms with Crippen molar-refractivity contribution in [2.24, 2.45) is 0 Å². The number of alkyl carbamates (subject to hydrolysis) is 1. The second-order valence-electron chi connectivity index (χ2n) is 9.30. The minimum Gasteiger partial charge on any atom is -0.444 e. The molecule has 3 N–H and O–H groups in total. The molecule has 0 aromatic heterocycles. The van der Waals surface area contributed by atoms with Crippen molar-refractivity contribution in [3.05, 3.63) is 29.1 Å². The van der Waals surface area contributed by atoms with Crippen molar-refractivity contribution in [3.8, 4) is 0 Å². The number of unbranched alkanes of at least 4 members (excludes halogenated alkanes) is 2. The number of amides is 4. The predicted octanol–water partition coefficient (Wildman–Crippen LogP) is 2.69. The first-order chi connectivity index (χ1) is 15.5. The largest absolute Gasteiger partial charge is 0.444 e. The number of piperidine rings is 1. The van der Waals surface area contributed by atoms with Gasteiger partial charge in [0.25, 0.3) is 5.91 Å². The average molecular weight is 463 g/mol. The summed E-state index contributed by atoms with van der Waals surface area (Å²) >= 11 is 0. The standard InChI is InChI=1S/C23H31FN4O5/c1-23(2,3)33-22(32)26-10-6-4-5-9-25-17-12-14(24)11-15-16(17)13-28(21(15)31)18-7-8-19(29)27-20(18)30/h11-12,18,25H,4-10,13H2,1-3H3,(H,26,32)(H,27,29,30). The SMILES string of the molecule is CC(C)(C)OC(=O)NCCCCCNc1cc(F)cc2c1CN(C1CCC(=O)NC1=O)C2=O. The zero-order valence-corrected chi connectivity index (χ0v) is 19.3.